The highest BCUT2D eigenvalue weighted by molar-refractivity contribution is 5.99. The van der Waals surface area contributed by atoms with Gasteiger partial charge in [0.2, 0.25) is 17.6 Å². The molecule has 0 aromatic heterocycles. The molecule has 9 heteroatoms. The fraction of sp³-hybridized carbons (Fsp3) is 0.407. The average Bonchev–Trinajstić information content (AvgIpc) is 3.55. The molecule has 2 aromatic rings. The lowest BCUT2D eigenvalue weighted by molar-refractivity contribution is -0.137. The monoisotopic (exact) mass is 494 g/mol. The van der Waals surface area contributed by atoms with Crippen LogP contribution in [0.15, 0.2) is 48.6 Å². The van der Waals surface area contributed by atoms with Gasteiger partial charge in [0.15, 0.2) is 11.5 Å². The Bertz CT molecular complexity index is 1190. The number of methoxy groups -OCH3 is 4. The molecule has 2 fully saturated rings. The van der Waals surface area contributed by atoms with Crippen molar-refractivity contribution < 1.29 is 33.3 Å². The number of likely N-dealkylation sites (tertiary alicyclic amines) is 1. The molecule has 2 saturated heterocycles. The summed E-state index contributed by atoms with van der Waals surface area (Å²) in [7, 11) is 6.15. The van der Waals surface area contributed by atoms with Crippen molar-refractivity contribution in [1.29, 1.82) is 0 Å². The van der Waals surface area contributed by atoms with Crippen LogP contribution in [0, 0.1) is 11.8 Å². The standard InChI is InChI=1S/C27H30N2O7/c1-15(16-6-8-18(32-2)9-7-16)29-14-27-11-10-19(36-27)22(23(27)26(29)31)25(30)28-17-12-20(33-3)24(35-5)21(13-17)34-4/h6-13,15,19,22-23H,14H2,1-5H3,(H,28,30)/t15?,19-,22?,23?,27-/m1/s1. The van der Waals surface area contributed by atoms with Crippen molar-refractivity contribution in [3.05, 3.63) is 54.1 Å². The number of nitrogens with one attached hydrogen (secondary N) is 1. The Balaban J connectivity index is 1.39. The molecule has 2 bridgehead atoms. The van der Waals surface area contributed by atoms with Gasteiger partial charge in [-0.15, -0.1) is 0 Å². The Morgan fingerprint density at radius 1 is 1.06 bits per heavy atom. The van der Waals surface area contributed by atoms with Gasteiger partial charge in [-0.2, -0.15) is 0 Å². The number of amides is 2. The molecule has 0 radical (unpaired) electrons. The lowest BCUT2D eigenvalue weighted by Crippen LogP contribution is -2.41. The Morgan fingerprint density at radius 3 is 2.31 bits per heavy atom. The summed E-state index contributed by atoms with van der Waals surface area (Å²) in [5, 5.41) is 2.93. The summed E-state index contributed by atoms with van der Waals surface area (Å²) >= 11 is 0. The molecule has 9 nitrogen and oxygen atoms in total. The van der Waals surface area contributed by atoms with Crippen LogP contribution >= 0.6 is 0 Å². The number of hydrogen-bond acceptors (Lipinski definition) is 7. The van der Waals surface area contributed by atoms with Crippen LogP contribution in [0.3, 0.4) is 0 Å². The van der Waals surface area contributed by atoms with E-state index in [2.05, 4.69) is 5.32 Å². The highest BCUT2D eigenvalue weighted by atomic mass is 16.5. The maximum atomic E-state index is 13.7. The van der Waals surface area contributed by atoms with Crippen LogP contribution in [0.5, 0.6) is 23.0 Å². The molecule has 3 aliphatic heterocycles. The predicted molar refractivity (Wildman–Crippen MR) is 132 cm³/mol. The van der Waals surface area contributed by atoms with Crippen molar-refractivity contribution in [3.63, 3.8) is 0 Å². The molecule has 2 amide bonds. The lowest BCUT2D eigenvalue weighted by atomic mass is 9.76. The van der Waals surface area contributed by atoms with E-state index in [0.717, 1.165) is 11.3 Å². The predicted octanol–water partition coefficient (Wildman–Crippen LogP) is 3.20. The molecule has 3 aliphatic rings. The summed E-state index contributed by atoms with van der Waals surface area (Å²) in [6, 6.07) is 10.8. The summed E-state index contributed by atoms with van der Waals surface area (Å²) in [6.07, 6.45) is 3.38. The van der Waals surface area contributed by atoms with Crippen molar-refractivity contribution in [2.75, 3.05) is 40.3 Å². The van der Waals surface area contributed by atoms with Gasteiger partial charge >= 0.3 is 0 Å². The van der Waals surface area contributed by atoms with E-state index in [1.807, 2.05) is 43.3 Å². The van der Waals surface area contributed by atoms with Gasteiger partial charge in [-0.3, -0.25) is 9.59 Å². The summed E-state index contributed by atoms with van der Waals surface area (Å²) in [5.41, 5.74) is 0.654. The van der Waals surface area contributed by atoms with Gasteiger partial charge in [0.05, 0.1) is 59.0 Å². The second-order valence-electron chi connectivity index (χ2n) is 9.22. The fourth-order valence-electron chi connectivity index (χ4n) is 5.60. The number of anilines is 1. The third kappa shape index (κ3) is 3.65. The van der Waals surface area contributed by atoms with E-state index in [1.165, 1.54) is 21.3 Å². The van der Waals surface area contributed by atoms with Crippen LogP contribution in [-0.2, 0) is 14.3 Å². The summed E-state index contributed by atoms with van der Waals surface area (Å²) in [5.74, 6) is 0.381. The number of fused-ring (bicyclic) bond motifs is 1. The van der Waals surface area contributed by atoms with Crippen molar-refractivity contribution in [2.24, 2.45) is 11.8 Å². The van der Waals surface area contributed by atoms with E-state index < -0.39 is 23.5 Å². The van der Waals surface area contributed by atoms with Crippen molar-refractivity contribution in [3.8, 4) is 23.0 Å². The van der Waals surface area contributed by atoms with E-state index in [4.69, 9.17) is 23.7 Å². The number of carbonyl (C=O) groups excluding carboxylic acids is 2. The molecule has 3 heterocycles. The molecule has 190 valence electrons. The first-order valence-corrected chi connectivity index (χ1v) is 11.8. The maximum Gasteiger partial charge on any atom is 0.231 e. The van der Waals surface area contributed by atoms with Gasteiger partial charge in [-0.25, -0.2) is 0 Å². The lowest BCUT2D eigenvalue weighted by Gasteiger charge is -2.28. The quantitative estimate of drug-likeness (QED) is 0.563. The number of nitrogens with zero attached hydrogens (tertiary/aromatic N) is 1. The number of rotatable bonds is 8. The molecule has 1 spiro atoms. The smallest absolute Gasteiger partial charge is 0.231 e. The largest absolute Gasteiger partial charge is 0.497 e. The number of hydrogen-bond donors (Lipinski definition) is 1. The molecule has 2 aromatic carbocycles. The van der Waals surface area contributed by atoms with E-state index in [9.17, 15) is 9.59 Å². The van der Waals surface area contributed by atoms with Crippen molar-refractivity contribution in [1.82, 2.24) is 4.90 Å². The van der Waals surface area contributed by atoms with Gasteiger partial charge in [-0.05, 0) is 24.6 Å². The Morgan fingerprint density at radius 2 is 1.72 bits per heavy atom. The first kappa shape index (κ1) is 24.0. The van der Waals surface area contributed by atoms with Crippen LogP contribution in [0.4, 0.5) is 5.69 Å². The van der Waals surface area contributed by atoms with E-state index in [0.29, 0.717) is 29.5 Å². The molecule has 0 saturated carbocycles. The summed E-state index contributed by atoms with van der Waals surface area (Å²) in [6.45, 7) is 2.38. The fourth-order valence-corrected chi connectivity index (χ4v) is 5.60. The minimum absolute atomic E-state index is 0.0878. The van der Waals surface area contributed by atoms with Gasteiger partial charge in [0.1, 0.15) is 11.4 Å². The minimum atomic E-state index is -0.806. The average molecular weight is 495 g/mol. The Kier molecular flexibility index (Phi) is 6.04. The molecule has 1 N–H and O–H groups in total. The van der Waals surface area contributed by atoms with Gasteiger partial charge in [0.25, 0.3) is 0 Å². The van der Waals surface area contributed by atoms with E-state index in [1.54, 1.807) is 24.1 Å². The van der Waals surface area contributed by atoms with E-state index in [-0.39, 0.29) is 17.9 Å². The third-order valence-electron chi connectivity index (χ3n) is 7.43. The summed E-state index contributed by atoms with van der Waals surface area (Å²) < 4.78 is 27.7. The molecule has 5 atom stereocenters. The maximum absolute atomic E-state index is 13.7. The van der Waals surface area contributed by atoms with Crippen LogP contribution in [-0.4, -0.2) is 63.4 Å². The first-order valence-electron chi connectivity index (χ1n) is 11.8. The SMILES string of the molecule is COc1ccc(C(C)N2C[C@@]34C=C[C@@H](O3)C(C(=O)Nc3cc(OC)c(OC)c(OC)c3)C4C2=O)cc1. The van der Waals surface area contributed by atoms with Crippen LogP contribution < -0.4 is 24.3 Å². The molecule has 5 rings (SSSR count). The highest BCUT2D eigenvalue weighted by Crippen LogP contribution is 2.53. The zero-order valence-electron chi connectivity index (χ0n) is 20.9. The Hall–Kier alpha value is -3.72. The van der Waals surface area contributed by atoms with Crippen molar-refractivity contribution >= 4 is 17.5 Å². The number of benzene rings is 2. The second-order valence-corrected chi connectivity index (χ2v) is 9.22. The van der Waals surface area contributed by atoms with Gasteiger partial charge < -0.3 is 33.9 Å². The molecular weight excluding hydrogens is 464 g/mol. The minimum Gasteiger partial charge on any atom is -0.497 e. The van der Waals surface area contributed by atoms with Crippen LogP contribution in [0.1, 0.15) is 18.5 Å². The van der Waals surface area contributed by atoms with E-state index >= 15 is 0 Å². The zero-order chi connectivity index (χ0) is 25.6. The summed E-state index contributed by atoms with van der Waals surface area (Å²) in [4.78, 5) is 29.1. The number of carbonyl (C=O) groups is 2. The van der Waals surface area contributed by atoms with Gasteiger partial charge in [0, 0.05) is 17.8 Å². The van der Waals surface area contributed by atoms with Crippen LogP contribution in [0.25, 0.3) is 0 Å². The molecular formula is C27H30N2O7. The third-order valence-corrected chi connectivity index (χ3v) is 7.43. The molecule has 36 heavy (non-hydrogen) atoms. The highest BCUT2D eigenvalue weighted by Gasteiger charge is 2.67. The van der Waals surface area contributed by atoms with Gasteiger partial charge in [-0.1, -0.05) is 24.3 Å². The Labute approximate surface area is 209 Å². The topological polar surface area (TPSA) is 95.6 Å². The van der Waals surface area contributed by atoms with Crippen LogP contribution in [0.2, 0.25) is 0 Å². The zero-order valence-corrected chi connectivity index (χ0v) is 20.9. The second kappa shape index (κ2) is 9.05. The normalized spacial score (nSPS) is 26.5. The number of ether oxygens (including phenoxy) is 5. The molecule has 0 aliphatic carbocycles. The molecule has 3 unspecified atom stereocenters. The first-order chi connectivity index (χ1) is 17.4. The van der Waals surface area contributed by atoms with Crippen molar-refractivity contribution in [2.45, 2.75) is 24.7 Å².